The van der Waals surface area contributed by atoms with Gasteiger partial charge in [0.25, 0.3) is 5.56 Å². The molecule has 2 aromatic heterocycles. The van der Waals surface area contributed by atoms with Gasteiger partial charge in [0.1, 0.15) is 17.0 Å². The van der Waals surface area contributed by atoms with Gasteiger partial charge in [-0.3, -0.25) is 4.79 Å². The van der Waals surface area contributed by atoms with Crippen LogP contribution in [0.5, 0.6) is 0 Å². The zero-order valence-corrected chi connectivity index (χ0v) is 14.4. The van der Waals surface area contributed by atoms with E-state index in [1.807, 2.05) is 50.7 Å². The molecule has 0 saturated heterocycles. The lowest BCUT2D eigenvalue weighted by molar-refractivity contribution is 0.626. The van der Waals surface area contributed by atoms with Crippen LogP contribution >= 0.6 is 11.3 Å². The number of hydrogen-bond donors (Lipinski definition) is 0. The van der Waals surface area contributed by atoms with Crippen LogP contribution < -0.4 is 5.56 Å². The second-order valence-electron chi connectivity index (χ2n) is 5.67. The normalized spacial score (nSPS) is 11.5. The fourth-order valence-corrected chi connectivity index (χ4v) is 3.30. The number of benzene rings is 1. The minimum atomic E-state index is -0.137. The van der Waals surface area contributed by atoms with E-state index < -0.39 is 0 Å². The molecule has 0 aliphatic heterocycles. The lowest BCUT2D eigenvalue weighted by atomic mass is 10.1. The van der Waals surface area contributed by atoms with E-state index in [4.69, 9.17) is 0 Å². The van der Waals surface area contributed by atoms with Gasteiger partial charge in [-0.1, -0.05) is 29.8 Å². The van der Waals surface area contributed by atoms with E-state index in [2.05, 4.69) is 10.1 Å². The largest absolute Gasteiger partial charge is 0.367 e. The van der Waals surface area contributed by atoms with Crippen LogP contribution in [-0.4, -0.2) is 35.0 Å². The predicted molar refractivity (Wildman–Crippen MR) is 96.4 cm³/mol. The van der Waals surface area contributed by atoms with Crippen LogP contribution in [0, 0.1) is 13.8 Å². The van der Waals surface area contributed by atoms with Gasteiger partial charge >= 0.3 is 0 Å². The van der Waals surface area contributed by atoms with Crippen molar-refractivity contribution in [3.8, 4) is 11.1 Å². The number of thiophene rings is 1. The minimum absolute atomic E-state index is 0.137. The predicted octanol–water partition coefficient (Wildman–Crippen LogP) is 3.09. The third-order valence-corrected chi connectivity index (χ3v) is 4.38. The summed E-state index contributed by atoms with van der Waals surface area (Å²) >= 11 is 1.49. The standard InChI is InChI=1S/C17H18N4OS/c1-11-5-7-13(8-6-11)14-9-23-16-15(14)17(22)21(12(2)19-16)18-10-20(3)4/h5-10H,1-4H3. The monoisotopic (exact) mass is 326 g/mol. The molecule has 1 aromatic carbocycles. The van der Waals surface area contributed by atoms with E-state index in [0.29, 0.717) is 11.2 Å². The average molecular weight is 326 g/mol. The van der Waals surface area contributed by atoms with E-state index in [9.17, 15) is 4.79 Å². The molecular formula is C17H18N4OS. The van der Waals surface area contributed by atoms with Crippen molar-refractivity contribution in [2.75, 3.05) is 14.1 Å². The molecule has 3 rings (SSSR count). The van der Waals surface area contributed by atoms with Crippen LogP contribution in [0.25, 0.3) is 21.3 Å². The van der Waals surface area contributed by atoms with Crippen LogP contribution in [0.2, 0.25) is 0 Å². The highest BCUT2D eigenvalue weighted by Gasteiger charge is 2.15. The van der Waals surface area contributed by atoms with Crippen molar-refractivity contribution in [2.24, 2.45) is 5.10 Å². The number of nitrogens with zero attached hydrogens (tertiary/aromatic N) is 4. The molecule has 0 fully saturated rings. The second kappa shape index (κ2) is 5.96. The summed E-state index contributed by atoms with van der Waals surface area (Å²) in [6.07, 6.45) is 1.60. The van der Waals surface area contributed by atoms with Crippen molar-refractivity contribution in [1.29, 1.82) is 0 Å². The lowest BCUT2D eigenvalue weighted by Crippen LogP contribution is -2.22. The van der Waals surface area contributed by atoms with E-state index in [0.717, 1.165) is 16.0 Å². The molecule has 0 aliphatic carbocycles. The van der Waals surface area contributed by atoms with Crippen molar-refractivity contribution in [1.82, 2.24) is 14.6 Å². The Labute approximate surface area is 138 Å². The zero-order valence-electron chi connectivity index (χ0n) is 13.6. The Hall–Kier alpha value is -2.47. The molecule has 0 saturated carbocycles. The summed E-state index contributed by atoms with van der Waals surface area (Å²) in [6, 6.07) is 8.15. The number of rotatable bonds is 3. The molecule has 3 aromatic rings. The minimum Gasteiger partial charge on any atom is -0.367 e. The fraction of sp³-hybridized carbons (Fsp3) is 0.235. The molecule has 0 radical (unpaired) electrons. The highest BCUT2D eigenvalue weighted by Crippen LogP contribution is 2.31. The van der Waals surface area contributed by atoms with E-state index >= 15 is 0 Å². The molecule has 2 heterocycles. The molecular weight excluding hydrogens is 308 g/mol. The summed E-state index contributed by atoms with van der Waals surface area (Å²) in [7, 11) is 3.72. The second-order valence-corrected chi connectivity index (χ2v) is 6.52. The maximum absolute atomic E-state index is 12.9. The van der Waals surface area contributed by atoms with Gasteiger partial charge in [-0.25, -0.2) is 4.98 Å². The van der Waals surface area contributed by atoms with Gasteiger partial charge in [0.15, 0.2) is 0 Å². The summed E-state index contributed by atoms with van der Waals surface area (Å²) in [4.78, 5) is 19.9. The Bertz CT molecular complexity index is 936. The molecule has 5 nitrogen and oxygen atoms in total. The van der Waals surface area contributed by atoms with Gasteiger partial charge in [0.2, 0.25) is 0 Å². The van der Waals surface area contributed by atoms with Gasteiger partial charge in [0.05, 0.1) is 5.39 Å². The summed E-state index contributed by atoms with van der Waals surface area (Å²) in [5.74, 6) is 0.581. The molecule has 23 heavy (non-hydrogen) atoms. The third kappa shape index (κ3) is 2.90. The van der Waals surface area contributed by atoms with Gasteiger partial charge in [-0.2, -0.15) is 9.78 Å². The molecule has 118 valence electrons. The van der Waals surface area contributed by atoms with Crippen LogP contribution in [0.15, 0.2) is 39.5 Å². The molecule has 0 amide bonds. The Kier molecular flexibility index (Phi) is 4.00. The molecule has 0 N–H and O–H groups in total. The van der Waals surface area contributed by atoms with Crippen LogP contribution in [-0.2, 0) is 0 Å². The summed E-state index contributed by atoms with van der Waals surface area (Å²) in [5.41, 5.74) is 2.99. The molecule has 0 atom stereocenters. The number of fused-ring (bicyclic) bond motifs is 1. The van der Waals surface area contributed by atoms with Gasteiger partial charge < -0.3 is 4.90 Å². The van der Waals surface area contributed by atoms with Crippen molar-refractivity contribution < 1.29 is 0 Å². The fourth-order valence-electron chi connectivity index (χ4n) is 2.32. The average Bonchev–Trinajstić information content (AvgIpc) is 2.91. The Balaban J connectivity index is 2.24. The highest BCUT2D eigenvalue weighted by atomic mass is 32.1. The molecule has 0 aliphatic rings. The number of aromatic nitrogens is 2. The van der Waals surface area contributed by atoms with E-state index in [1.165, 1.54) is 21.6 Å². The summed E-state index contributed by atoms with van der Waals surface area (Å²) in [5, 5.41) is 6.85. The van der Waals surface area contributed by atoms with Crippen LogP contribution in [0.1, 0.15) is 11.4 Å². The molecule has 0 unspecified atom stereocenters. The first kappa shape index (κ1) is 15.4. The topological polar surface area (TPSA) is 50.5 Å². The first-order valence-corrected chi connectivity index (χ1v) is 8.14. The first-order valence-electron chi connectivity index (χ1n) is 7.26. The Morgan fingerprint density at radius 3 is 2.57 bits per heavy atom. The lowest BCUT2D eigenvalue weighted by Gasteiger charge is -2.07. The van der Waals surface area contributed by atoms with Gasteiger partial charge in [-0.15, -0.1) is 11.3 Å². The van der Waals surface area contributed by atoms with E-state index in [-0.39, 0.29) is 5.56 Å². The molecule has 6 heteroatoms. The smallest absolute Gasteiger partial charge is 0.283 e. The quantitative estimate of drug-likeness (QED) is 0.549. The summed E-state index contributed by atoms with van der Waals surface area (Å²) < 4.78 is 1.35. The Morgan fingerprint density at radius 2 is 1.91 bits per heavy atom. The van der Waals surface area contributed by atoms with Gasteiger partial charge in [0, 0.05) is 25.0 Å². The zero-order chi connectivity index (χ0) is 16.6. The highest BCUT2D eigenvalue weighted by molar-refractivity contribution is 7.17. The van der Waals surface area contributed by atoms with Crippen molar-refractivity contribution in [3.63, 3.8) is 0 Å². The SMILES string of the molecule is Cc1ccc(-c2csc3nc(C)n(N=CN(C)C)c(=O)c23)cc1. The van der Waals surface area contributed by atoms with Gasteiger partial charge in [-0.05, 0) is 19.4 Å². The maximum Gasteiger partial charge on any atom is 0.283 e. The van der Waals surface area contributed by atoms with Crippen molar-refractivity contribution >= 4 is 27.9 Å². The van der Waals surface area contributed by atoms with Crippen molar-refractivity contribution in [2.45, 2.75) is 13.8 Å². The van der Waals surface area contributed by atoms with Crippen LogP contribution in [0.3, 0.4) is 0 Å². The van der Waals surface area contributed by atoms with E-state index in [1.54, 1.807) is 18.2 Å². The summed E-state index contributed by atoms with van der Waals surface area (Å²) in [6.45, 7) is 3.84. The molecule has 0 spiro atoms. The maximum atomic E-state index is 12.9. The number of aryl methyl sites for hydroxylation is 2. The third-order valence-electron chi connectivity index (χ3n) is 3.51. The number of hydrogen-bond acceptors (Lipinski definition) is 4. The van der Waals surface area contributed by atoms with Crippen molar-refractivity contribution in [3.05, 3.63) is 51.4 Å². The first-order chi connectivity index (χ1) is 11.0. The Morgan fingerprint density at radius 1 is 1.22 bits per heavy atom. The van der Waals surface area contributed by atoms with Crippen LogP contribution in [0.4, 0.5) is 0 Å². The molecule has 0 bridgehead atoms.